The van der Waals surface area contributed by atoms with Gasteiger partial charge in [0, 0.05) is 0 Å². The Morgan fingerprint density at radius 2 is 1.14 bits per heavy atom. The third kappa shape index (κ3) is 6.22. The van der Waals surface area contributed by atoms with E-state index in [0.717, 1.165) is 30.5 Å². The van der Waals surface area contributed by atoms with E-state index < -0.39 is 18.3 Å². The van der Waals surface area contributed by atoms with Crippen LogP contribution in [0.2, 0.25) is 20.1 Å². The zero-order chi connectivity index (χ0) is 35.3. The summed E-state index contributed by atoms with van der Waals surface area (Å²) in [6, 6.07) is 15.4. The average molecular weight is 869 g/mol. The van der Waals surface area contributed by atoms with Gasteiger partial charge in [-0.25, -0.2) is 0 Å². The molecule has 0 amide bonds. The molecule has 0 heterocycles. The van der Waals surface area contributed by atoms with Gasteiger partial charge in [-0.1, -0.05) is 0 Å². The number of fused-ring (bicyclic) bond motifs is 3. The van der Waals surface area contributed by atoms with Crippen molar-refractivity contribution in [1.82, 2.24) is 0 Å². The van der Waals surface area contributed by atoms with E-state index in [0.29, 0.717) is 20.1 Å². The molecule has 0 aromatic heterocycles. The molecule has 2 aliphatic rings. The molecule has 0 bridgehead atoms. The van der Waals surface area contributed by atoms with Crippen LogP contribution in [0.3, 0.4) is 0 Å². The van der Waals surface area contributed by atoms with Gasteiger partial charge in [0.2, 0.25) is 0 Å². The molecule has 0 unspecified atom stereocenters. The van der Waals surface area contributed by atoms with Crippen molar-refractivity contribution in [3.05, 3.63) is 129 Å². The standard InChI is InChI=1S/C23H29.2C7H5Cl2.C5H5.CH2.2ClH.Zr/c1-14-9-16-11-17-10-15(2)21(23(6,7)8)13-19(17)18(16)12-20(14)22(3,4)5;2*1-5-2-3-6(8)4-7(5)9;1-2-4-5-3-1;;;;/h9,12-13H,11H2,1-8H3;2*3-4H,1H3;1-3H,4H2;1H2;2*1H;. The maximum absolute atomic E-state index is 7.12. The quantitative estimate of drug-likeness (QED) is 0.169. The van der Waals surface area contributed by atoms with Crippen molar-refractivity contribution in [2.24, 2.45) is 0 Å². The molecular weight excluding hydrogens is 820 g/mol. The summed E-state index contributed by atoms with van der Waals surface area (Å²) < 4.78 is 10.7. The fourth-order valence-corrected chi connectivity index (χ4v) is 29.7. The molecule has 4 aromatic rings. The second kappa shape index (κ2) is 13.9. The van der Waals surface area contributed by atoms with Crippen molar-refractivity contribution in [2.75, 3.05) is 0 Å². The van der Waals surface area contributed by atoms with Gasteiger partial charge in [-0.05, 0) is 0 Å². The predicted octanol–water partition coefficient (Wildman–Crippen LogP) is 12.8. The van der Waals surface area contributed by atoms with Crippen LogP contribution in [0.5, 0.6) is 0 Å². The third-order valence-electron chi connectivity index (χ3n) is 11.3. The number of hydrogen-bond donors (Lipinski definition) is 0. The molecule has 0 spiro atoms. The molecule has 0 fully saturated rings. The zero-order valence-corrected chi connectivity index (χ0v) is 37.8. The second-order valence-corrected chi connectivity index (χ2v) is 30.7. The van der Waals surface area contributed by atoms with Gasteiger partial charge >= 0.3 is 311 Å². The Morgan fingerprint density at radius 3 is 1.60 bits per heavy atom. The van der Waals surface area contributed by atoms with E-state index in [4.69, 9.17) is 50.6 Å². The van der Waals surface area contributed by atoms with Crippen molar-refractivity contribution < 1.29 is 18.3 Å². The molecule has 4 aromatic carbocycles. The van der Waals surface area contributed by atoms with Gasteiger partial charge in [0.1, 0.15) is 0 Å². The van der Waals surface area contributed by atoms with E-state index >= 15 is 0 Å². The molecule has 0 aliphatic heterocycles. The van der Waals surface area contributed by atoms with Crippen LogP contribution < -0.4 is 9.81 Å². The van der Waals surface area contributed by atoms with Gasteiger partial charge in [0.25, 0.3) is 0 Å². The molecule has 0 radical (unpaired) electrons. The summed E-state index contributed by atoms with van der Waals surface area (Å²) in [6.45, 7) is 22.7. The minimum atomic E-state index is -5.40. The van der Waals surface area contributed by atoms with Gasteiger partial charge < -0.3 is 0 Å². The van der Waals surface area contributed by atoms with Crippen LogP contribution in [0, 0.1) is 27.7 Å². The SMILES string of the molecule is Cl.Cl.[CH2]=[Zr]([C]1=CC=CC1)([c]1cc(Cl)cc(Cl)c1C)([c]1cc(Cl)cc(Cl)c1C)[c]1c(C)c(C(C)(C)C)cc2c1Cc1cc(C)c(C(C)(C)C)cc1-2. The van der Waals surface area contributed by atoms with Crippen molar-refractivity contribution in [3.63, 3.8) is 0 Å². The minimum absolute atomic E-state index is 0. The molecule has 50 heavy (non-hydrogen) atoms. The molecule has 2 aliphatic carbocycles. The first kappa shape index (κ1) is 41.6. The monoisotopic (exact) mass is 864 g/mol. The van der Waals surface area contributed by atoms with Gasteiger partial charge in [-0.3, -0.25) is 0 Å². The van der Waals surface area contributed by atoms with Crippen molar-refractivity contribution in [3.8, 4) is 11.1 Å². The number of allylic oxidation sites excluding steroid dienone is 4. The molecule has 0 saturated carbocycles. The first-order valence-corrected chi connectivity index (χ1v) is 25.0. The number of halogens is 6. The Bertz CT molecular complexity index is 2130. The van der Waals surface area contributed by atoms with E-state index in [1.165, 1.54) is 51.1 Å². The van der Waals surface area contributed by atoms with E-state index in [-0.39, 0.29) is 35.6 Å². The van der Waals surface area contributed by atoms with E-state index in [1.54, 1.807) is 0 Å². The van der Waals surface area contributed by atoms with Crippen molar-refractivity contribution in [2.45, 2.75) is 92.9 Å². The fraction of sp³-hybridized carbons (Fsp3) is 0.326. The summed E-state index contributed by atoms with van der Waals surface area (Å²) in [5, 5.41) is 2.51. The molecule has 0 saturated heterocycles. The van der Waals surface area contributed by atoms with Crippen LogP contribution in [0.15, 0.2) is 64.0 Å². The Labute approximate surface area is 333 Å². The first-order valence-electron chi connectivity index (χ1n) is 16.8. The molecular formula is C43H48Cl6Zr. The Kier molecular flexibility index (Phi) is 11.6. The summed E-state index contributed by atoms with van der Waals surface area (Å²) in [7, 11) is 0. The van der Waals surface area contributed by atoms with Crippen LogP contribution in [-0.2, 0) is 35.5 Å². The van der Waals surface area contributed by atoms with Crippen molar-refractivity contribution in [1.29, 1.82) is 0 Å². The van der Waals surface area contributed by atoms with Gasteiger partial charge in [0.15, 0.2) is 0 Å². The van der Waals surface area contributed by atoms with E-state index in [1.807, 2.05) is 12.1 Å². The number of hydrogen-bond acceptors (Lipinski definition) is 0. The summed E-state index contributed by atoms with van der Waals surface area (Å²) >= 11 is 22.9. The number of rotatable bonds is 4. The molecule has 0 atom stereocenters. The molecule has 0 nitrogen and oxygen atoms in total. The van der Waals surface area contributed by atoms with Crippen LogP contribution in [-0.4, -0.2) is 4.21 Å². The molecule has 0 N–H and O–H groups in total. The first-order chi connectivity index (χ1) is 22.2. The van der Waals surface area contributed by atoms with Crippen LogP contribution in [0.4, 0.5) is 0 Å². The normalized spacial score (nSPS) is 14.2. The maximum atomic E-state index is 7.12. The van der Waals surface area contributed by atoms with Gasteiger partial charge in [0.05, 0.1) is 0 Å². The molecule has 7 heteroatoms. The summed E-state index contributed by atoms with van der Waals surface area (Å²) in [4.78, 5) is 0. The Hall–Kier alpha value is -1.15. The zero-order valence-electron chi connectivity index (χ0n) is 30.7. The summed E-state index contributed by atoms with van der Waals surface area (Å²) in [5.74, 6) is 0. The number of aryl methyl sites for hydroxylation is 1. The fourth-order valence-electron chi connectivity index (χ4n) is 9.16. The molecule has 266 valence electrons. The topological polar surface area (TPSA) is 0 Å². The number of benzene rings is 4. The van der Waals surface area contributed by atoms with Crippen LogP contribution >= 0.6 is 71.2 Å². The Balaban J connectivity index is 0.00000281. The van der Waals surface area contributed by atoms with Crippen LogP contribution in [0.25, 0.3) is 11.1 Å². The predicted molar refractivity (Wildman–Crippen MR) is 226 cm³/mol. The Morgan fingerprint density at radius 1 is 0.640 bits per heavy atom. The average Bonchev–Trinajstić information content (AvgIpc) is 3.63. The third-order valence-corrected chi connectivity index (χ3v) is 29.6. The summed E-state index contributed by atoms with van der Waals surface area (Å²) in [6.07, 6.45) is 8.38. The van der Waals surface area contributed by atoms with Gasteiger partial charge in [-0.2, -0.15) is 0 Å². The van der Waals surface area contributed by atoms with Crippen molar-refractivity contribution >= 4 is 85.2 Å². The molecule has 6 rings (SSSR count). The van der Waals surface area contributed by atoms with E-state index in [9.17, 15) is 0 Å². The van der Waals surface area contributed by atoms with Gasteiger partial charge in [-0.15, -0.1) is 24.8 Å². The van der Waals surface area contributed by atoms with Crippen LogP contribution in [0.1, 0.15) is 92.5 Å². The van der Waals surface area contributed by atoms with E-state index in [2.05, 4.69) is 118 Å². The second-order valence-electron chi connectivity index (χ2n) is 16.4. The summed E-state index contributed by atoms with van der Waals surface area (Å²) in [5.41, 5.74) is 12.6.